The fourth-order valence-corrected chi connectivity index (χ4v) is 22.3. The van der Waals surface area contributed by atoms with Crippen molar-refractivity contribution in [2.24, 2.45) is 92.7 Å². The molecule has 6 fully saturated rings. The summed E-state index contributed by atoms with van der Waals surface area (Å²) < 4.78 is 0. The van der Waals surface area contributed by atoms with Crippen molar-refractivity contribution >= 4 is 8.07 Å². The minimum atomic E-state index is -1.79. The number of hydrogen-bond donors (Lipinski definition) is 0. The Morgan fingerprint density at radius 3 is 0.851 bits per heavy atom. The van der Waals surface area contributed by atoms with E-state index in [9.17, 15) is 0 Å². The highest BCUT2D eigenvalue weighted by atomic mass is 28.3. The van der Waals surface area contributed by atoms with Gasteiger partial charge < -0.3 is 0 Å². The van der Waals surface area contributed by atoms with Crippen LogP contribution in [0.2, 0.25) is 23.7 Å². The predicted octanol–water partition coefficient (Wildman–Crippen LogP) is 14.3. The van der Waals surface area contributed by atoms with Gasteiger partial charge in [0, 0.05) is 0 Å². The zero-order chi connectivity index (χ0) is 34.5. The second-order valence-electron chi connectivity index (χ2n) is 23.9. The lowest BCUT2D eigenvalue weighted by atomic mass is 9.62. The van der Waals surface area contributed by atoms with Crippen molar-refractivity contribution < 1.29 is 0 Å². The van der Waals surface area contributed by atoms with Crippen LogP contribution in [0.4, 0.5) is 0 Å². The predicted molar refractivity (Wildman–Crippen MR) is 209 cm³/mol. The first-order valence-corrected chi connectivity index (χ1v) is 24.1. The standard InChI is InChI=1S/C46H82Si/c1-15-24-47(14,41-37-25-29(43(2,3)4)16-20-33(37)34-21-17-30(26-38(34)41)44(5,6)7)42-39-27-31(45(8,9)10)18-22-35(39)36-23-19-32(28-40(36)42)46(11,12)13/h15,29-42H,1,16-28H2,2-14H3. The average molecular weight is 663 g/mol. The van der Waals surface area contributed by atoms with Crippen LogP contribution in [0.15, 0.2) is 12.7 Å². The molecule has 270 valence electrons. The molecule has 0 radical (unpaired) electrons. The summed E-state index contributed by atoms with van der Waals surface area (Å²) in [6, 6.07) is 1.40. The minimum absolute atomic E-state index is 0.448. The maximum absolute atomic E-state index is 4.66. The van der Waals surface area contributed by atoms with Crippen LogP contribution in [0, 0.1) is 92.7 Å². The molecule has 12 unspecified atom stereocenters. The molecule has 0 spiro atoms. The molecule has 0 bridgehead atoms. The van der Waals surface area contributed by atoms with Crippen LogP contribution in [0.5, 0.6) is 0 Å². The van der Waals surface area contributed by atoms with Crippen LogP contribution in [0.25, 0.3) is 0 Å². The van der Waals surface area contributed by atoms with Crippen molar-refractivity contribution in [3.63, 3.8) is 0 Å². The summed E-state index contributed by atoms with van der Waals surface area (Å²) in [5.74, 6) is 11.7. The molecule has 0 aromatic heterocycles. The van der Waals surface area contributed by atoms with Crippen molar-refractivity contribution in [1.82, 2.24) is 0 Å². The first-order chi connectivity index (χ1) is 21.7. The first kappa shape index (κ1) is 36.7. The topological polar surface area (TPSA) is 0 Å². The Morgan fingerprint density at radius 1 is 0.426 bits per heavy atom. The highest BCUT2D eigenvalue weighted by Crippen LogP contribution is 2.73. The number of rotatable bonds is 4. The van der Waals surface area contributed by atoms with Crippen molar-refractivity contribution in [3.8, 4) is 0 Å². The van der Waals surface area contributed by atoms with Gasteiger partial charge in [0.2, 0.25) is 0 Å². The van der Waals surface area contributed by atoms with Gasteiger partial charge in [-0.2, -0.15) is 0 Å². The van der Waals surface area contributed by atoms with Gasteiger partial charge in [-0.15, -0.1) is 6.58 Å². The second kappa shape index (κ2) is 12.6. The molecule has 1 heteroatoms. The molecule has 47 heavy (non-hydrogen) atoms. The molecule has 0 amide bonds. The summed E-state index contributed by atoms with van der Waals surface area (Å²) in [5.41, 5.74) is 3.85. The van der Waals surface area contributed by atoms with E-state index in [1.807, 2.05) is 0 Å². The van der Waals surface area contributed by atoms with Gasteiger partial charge in [0.05, 0.1) is 8.07 Å². The van der Waals surface area contributed by atoms with Gasteiger partial charge in [-0.05, 0) is 187 Å². The van der Waals surface area contributed by atoms with Crippen molar-refractivity contribution in [1.29, 1.82) is 0 Å². The van der Waals surface area contributed by atoms with E-state index in [-0.39, 0.29) is 0 Å². The molecule has 0 saturated heterocycles. The van der Waals surface area contributed by atoms with Crippen LogP contribution in [0.3, 0.4) is 0 Å². The van der Waals surface area contributed by atoms with Gasteiger partial charge in [-0.1, -0.05) is 95.7 Å². The van der Waals surface area contributed by atoms with Gasteiger partial charge in [0.25, 0.3) is 0 Å². The van der Waals surface area contributed by atoms with Crippen LogP contribution in [0.1, 0.15) is 160 Å². The molecule has 0 aliphatic heterocycles. The number of fused-ring (bicyclic) bond motifs is 6. The fourth-order valence-electron chi connectivity index (χ4n) is 15.2. The van der Waals surface area contributed by atoms with E-state index in [1.165, 1.54) is 31.7 Å². The van der Waals surface area contributed by atoms with Gasteiger partial charge in [-0.3, -0.25) is 0 Å². The molecule has 0 aromatic carbocycles. The maximum Gasteiger partial charge on any atom is 0.0615 e. The third-order valence-corrected chi connectivity index (χ3v) is 23.7. The zero-order valence-corrected chi connectivity index (χ0v) is 35.1. The Kier molecular flexibility index (Phi) is 9.83. The third-order valence-electron chi connectivity index (χ3n) is 17.8. The van der Waals surface area contributed by atoms with E-state index < -0.39 is 8.07 Å². The molecular weight excluding hydrogens is 581 g/mol. The molecular formula is C46H82Si. The van der Waals surface area contributed by atoms with Crippen LogP contribution >= 0.6 is 0 Å². The van der Waals surface area contributed by atoms with E-state index in [1.54, 1.807) is 51.4 Å². The fraction of sp³-hybridized carbons (Fsp3) is 0.957. The lowest BCUT2D eigenvalue weighted by molar-refractivity contribution is 0.0722. The third kappa shape index (κ3) is 6.60. The summed E-state index contributed by atoms with van der Waals surface area (Å²) in [6.45, 7) is 38.7. The van der Waals surface area contributed by atoms with E-state index in [0.29, 0.717) is 21.7 Å². The van der Waals surface area contributed by atoms with E-state index in [4.69, 9.17) is 0 Å². The van der Waals surface area contributed by atoms with Gasteiger partial charge in [-0.25, -0.2) is 0 Å². The molecule has 6 aliphatic carbocycles. The van der Waals surface area contributed by atoms with Crippen LogP contribution in [-0.2, 0) is 0 Å². The molecule has 6 aliphatic rings. The van der Waals surface area contributed by atoms with Crippen molar-refractivity contribution in [3.05, 3.63) is 12.7 Å². The van der Waals surface area contributed by atoms with E-state index >= 15 is 0 Å². The van der Waals surface area contributed by atoms with E-state index in [0.717, 1.165) is 82.1 Å². The Hall–Kier alpha value is -0.0431. The molecule has 0 aromatic rings. The number of hydrogen-bond acceptors (Lipinski definition) is 0. The summed E-state index contributed by atoms with van der Waals surface area (Å²) in [6.07, 6.45) is 20.9. The van der Waals surface area contributed by atoms with Crippen molar-refractivity contribution in [2.75, 3.05) is 0 Å². The van der Waals surface area contributed by atoms with Crippen molar-refractivity contribution in [2.45, 2.75) is 184 Å². The Labute approximate surface area is 296 Å². The van der Waals surface area contributed by atoms with E-state index in [2.05, 4.69) is 102 Å². The second-order valence-corrected chi connectivity index (χ2v) is 28.6. The zero-order valence-electron chi connectivity index (χ0n) is 34.1. The average Bonchev–Trinajstić information content (AvgIpc) is 3.47. The smallest absolute Gasteiger partial charge is 0.0615 e. The van der Waals surface area contributed by atoms with Gasteiger partial charge >= 0.3 is 0 Å². The van der Waals surface area contributed by atoms with Gasteiger partial charge in [0.15, 0.2) is 0 Å². The minimum Gasteiger partial charge on any atom is -0.103 e. The van der Waals surface area contributed by atoms with Gasteiger partial charge in [0.1, 0.15) is 0 Å². The van der Waals surface area contributed by atoms with Crippen LogP contribution in [-0.4, -0.2) is 8.07 Å². The Balaban J connectivity index is 1.47. The molecule has 6 rings (SSSR count). The molecule has 0 N–H and O–H groups in total. The number of allylic oxidation sites excluding steroid dienone is 1. The quantitative estimate of drug-likeness (QED) is 0.208. The van der Waals surface area contributed by atoms with Crippen LogP contribution < -0.4 is 0 Å². The molecule has 0 heterocycles. The lowest BCUT2D eigenvalue weighted by Gasteiger charge is -2.54. The SMILES string of the molecule is C=CC[Si](C)(C1C2CC(C(C)(C)C)CCC2C2CCC(C(C)(C)C)CC21)C1C2CC(C(C)(C)C)CCC2C2CCC(C(C)(C)C)CC21. The maximum atomic E-state index is 4.66. The molecule has 6 saturated carbocycles. The molecule has 0 nitrogen and oxygen atoms in total. The largest absolute Gasteiger partial charge is 0.103 e. The summed E-state index contributed by atoms with van der Waals surface area (Å²) in [4.78, 5) is 0. The monoisotopic (exact) mass is 663 g/mol. The summed E-state index contributed by atoms with van der Waals surface area (Å²) in [5, 5.41) is 0. The summed E-state index contributed by atoms with van der Waals surface area (Å²) in [7, 11) is -1.79. The Bertz CT molecular complexity index is 946. The Morgan fingerprint density at radius 2 is 0.660 bits per heavy atom. The lowest BCUT2D eigenvalue weighted by Crippen LogP contribution is -2.51. The normalized spacial score (nSPS) is 45.7. The highest BCUT2D eigenvalue weighted by Gasteiger charge is 2.67. The highest BCUT2D eigenvalue weighted by molar-refractivity contribution is 6.82. The molecule has 12 atom stereocenters. The summed E-state index contributed by atoms with van der Waals surface area (Å²) >= 11 is 0. The first-order valence-electron chi connectivity index (χ1n) is 21.3.